The van der Waals surface area contributed by atoms with Gasteiger partial charge in [0.1, 0.15) is 11.6 Å². The number of imidazole rings is 1. The summed E-state index contributed by atoms with van der Waals surface area (Å²) in [6.07, 6.45) is 14.3. The standard InChI is InChI=1S/C21H28N4O2/c26-21(19-17-8-1-2-9-18(17)27-23-19)25-11-4-7-16(14-25)20-22-10-12-24(20)13-15-5-3-6-15/h10,12,15-16H,1-9,11,13-14H2. The van der Waals surface area contributed by atoms with E-state index in [1.54, 1.807) is 0 Å². The number of hydrogen-bond donors (Lipinski definition) is 0. The van der Waals surface area contributed by atoms with Gasteiger partial charge >= 0.3 is 0 Å². The summed E-state index contributed by atoms with van der Waals surface area (Å²) in [5.41, 5.74) is 1.61. The molecule has 2 aromatic rings. The van der Waals surface area contributed by atoms with Gasteiger partial charge in [0.05, 0.1) is 0 Å². The largest absolute Gasteiger partial charge is 0.360 e. The summed E-state index contributed by atoms with van der Waals surface area (Å²) in [6.45, 7) is 2.62. The first-order valence-corrected chi connectivity index (χ1v) is 10.6. The minimum absolute atomic E-state index is 0.0451. The molecular formula is C21H28N4O2. The average Bonchev–Trinajstić information content (AvgIpc) is 3.31. The molecule has 6 nitrogen and oxygen atoms in total. The number of likely N-dealkylation sites (tertiary alicyclic amines) is 1. The third kappa shape index (κ3) is 3.19. The molecule has 0 radical (unpaired) electrons. The highest BCUT2D eigenvalue weighted by molar-refractivity contribution is 5.94. The molecule has 3 heterocycles. The Balaban J connectivity index is 1.32. The van der Waals surface area contributed by atoms with Gasteiger partial charge in [0.15, 0.2) is 5.69 Å². The van der Waals surface area contributed by atoms with Crippen molar-refractivity contribution in [3.8, 4) is 0 Å². The SMILES string of the molecule is O=C(c1noc2c1CCCC2)N1CCCC(c2nccn2CC2CCC2)C1. The van der Waals surface area contributed by atoms with Crippen LogP contribution in [0.3, 0.4) is 0 Å². The summed E-state index contributed by atoms with van der Waals surface area (Å²) in [7, 11) is 0. The fourth-order valence-electron chi connectivity index (χ4n) is 4.86. The highest BCUT2D eigenvalue weighted by Crippen LogP contribution is 2.32. The van der Waals surface area contributed by atoms with Crippen molar-refractivity contribution in [1.82, 2.24) is 19.6 Å². The van der Waals surface area contributed by atoms with Crippen molar-refractivity contribution in [3.05, 3.63) is 35.2 Å². The maximum Gasteiger partial charge on any atom is 0.276 e. The van der Waals surface area contributed by atoms with Gasteiger partial charge in [-0.05, 0) is 50.9 Å². The van der Waals surface area contributed by atoms with Crippen molar-refractivity contribution in [2.24, 2.45) is 5.92 Å². The Morgan fingerprint density at radius 3 is 2.89 bits per heavy atom. The number of aryl methyl sites for hydroxylation is 1. The van der Waals surface area contributed by atoms with Gasteiger partial charge in [0, 0.05) is 49.9 Å². The van der Waals surface area contributed by atoms with Crippen LogP contribution in [0.1, 0.15) is 78.5 Å². The summed E-state index contributed by atoms with van der Waals surface area (Å²) in [4.78, 5) is 19.8. The van der Waals surface area contributed by atoms with E-state index in [1.165, 1.54) is 19.3 Å². The fourth-order valence-corrected chi connectivity index (χ4v) is 4.86. The van der Waals surface area contributed by atoms with E-state index in [-0.39, 0.29) is 5.91 Å². The molecule has 2 fully saturated rings. The number of piperidine rings is 1. The van der Waals surface area contributed by atoms with Gasteiger partial charge in [-0.15, -0.1) is 0 Å². The second kappa shape index (κ2) is 7.13. The van der Waals surface area contributed by atoms with Crippen LogP contribution in [0.2, 0.25) is 0 Å². The summed E-state index contributed by atoms with van der Waals surface area (Å²) in [5, 5.41) is 4.15. The number of rotatable bonds is 4. The third-order valence-electron chi connectivity index (χ3n) is 6.65. The van der Waals surface area contributed by atoms with Crippen LogP contribution in [0.5, 0.6) is 0 Å². The Morgan fingerprint density at radius 1 is 1.15 bits per heavy atom. The molecule has 0 bridgehead atoms. The summed E-state index contributed by atoms with van der Waals surface area (Å²) >= 11 is 0. The average molecular weight is 368 g/mol. The molecule has 0 spiro atoms. The number of aromatic nitrogens is 3. The second-order valence-electron chi connectivity index (χ2n) is 8.47. The number of carbonyl (C=O) groups excluding carboxylic acids is 1. The second-order valence-corrected chi connectivity index (χ2v) is 8.47. The maximum absolute atomic E-state index is 13.1. The summed E-state index contributed by atoms with van der Waals surface area (Å²) in [5.74, 6) is 3.25. The molecule has 1 saturated carbocycles. The lowest BCUT2D eigenvalue weighted by molar-refractivity contribution is 0.0691. The predicted octanol–water partition coefficient (Wildman–Crippen LogP) is 3.57. The van der Waals surface area contributed by atoms with Crippen LogP contribution < -0.4 is 0 Å². The Morgan fingerprint density at radius 2 is 2.04 bits per heavy atom. The smallest absolute Gasteiger partial charge is 0.276 e. The molecule has 144 valence electrons. The molecule has 1 atom stereocenters. The van der Waals surface area contributed by atoms with Crippen LogP contribution in [0.25, 0.3) is 0 Å². The van der Waals surface area contributed by atoms with E-state index in [2.05, 4.69) is 20.9 Å². The van der Waals surface area contributed by atoms with Crippen LogP contribution in [0.15, 0.2) is 16.9 Å². The molecule has 27 heavy (non-hydrogen) atoms. The molecule has 1 amide bonds. The van der Waals surface area contributed by atoms with Gasteiger partial charge in [-0.25, -0.2) is 4.98 Å². The minimum atomic E-state index is 0.0451. The van der Waals surface area contributed by atoms with Gasteiger partial charge in [-0.2, -0.15) is 0 Å². The molecule has 3 aliphatic rings. The van der Waals surface area contributed by atoms with Crippen LogP contribution >= 0.6 is 0 Å². The normalized spacial score (nSPS) is 23.1. The lowest BCUT2D eigenvalue weighted by Crippen LogP contribution is -2.40. The van der Waals surface area contributed by atoms with Gasteiger partial charge in [-0.3, -0.25) is 4.79 Å². The number of fused-ring (bicyclic) bond motifs is 1. The Labute approximate surface area is 159 Å². The lowest BCUT2D eigenvalue weighted by atomic mass is 9.85. The monoisotopic (exact) mass is 368 g/mol. The topological polar surface area (TPSA) is 64.2 Å². The lowest BCUT2D eigenvalue weighted by Gasteiger charge is -2.33. The third-order valence-corrected chi connectivity index (χ3v) is 6.65. The van der Waals surface area contributed by atoms with Crippen LogP contribution in [0, 0.1) is 5.92 Å². The molecule has 6 heteroatoms. The molecule has 2 aromatic heterocycles. The van der Waals surface area contributed by atoms with Gasteiger partial charge < -0.3 is 14.0 Å². The van der Waals surface area contributed by atoms with E-state index in [0.717, 1.165) is 81.2 Å². The van der Waals surface area contributed by atoms with Gasteiger partial charge in [0.2, 0.25) is 0 Å². The van der Waals surface area contributed by atoms with E-state index in [0.29, 0.717) is 11.6 Å². The van der Waals surface area contributed by atoms with Crippen molar-refractivity contribution < 1.29 is 9.32 Å². The van der Waals surface area contributed by atoms with E-state index in [1.807, 2.05) is 11.1 Å². The van der Waals surface area contributed by atoms with Crippen molar-refractivity contribution in [3.63, 3.8) is 0 Å². The fraction of sp³-hybridized carbons (Fsp3) is 0.667. The quantitative estimate of drug-likeness (QED) is 0.828. The van der Waals surface area contributed by atoms with E-state index < -0.39 is 0 Å². The van der Waals surface area contributed by atoms with Crippen molar-refractivity contribution in [2.45, 2.75) is 70.3 Å². The van der Waals surface area contributed by atoms with E-state index in [4.69, 9.17) is 4.52 Å². The highest BCUT2D eigenvalue weighted by atomic mass is 16.5. The zero-order valence-electron chi connectivity index (χ0n) is 15.9. The van der Waals surface area contributed by atoms with E-state index in [9.17, 15) is 4.79 Å². The first-order valence-electron chi connectivity index (χ1n) is 10.6. The van der Waals surface area contributed by atoms with Crippen LogP contribution in [0.4, 0.5) is 0 Å². The maximum atomic E-state index is 13.1. The predicted molar refractivity (Wildman–Crippen MR) is 101 cm³/mol. The molecule has 5 rings (SSSR count). The number of carbonyl (C=O) groups is 1. The molecule has 0 aromatic carbocycles. The number of hydrogen-bond acceptors (Lipinski definition) is 4. The molecule has 1 aliphatic heterocycles. The zero-order chi connectivity index (χ0) is 18.2. The Kier molecular flexibility index (Phi) is 4.50. The molecule has 0 N–H and O–H groups in total. The minimum Gasteiger partial charge on any atom is -0.360 e. The first kappa shape index (κ1) is 17.0. The van der Waals surface area contributed by atoms with Crippen molar-refractivity contribution in [1.29, 1.82) is 0 Å². The number of nitrogens with zero attached hydrogens (tertiary/aromatic N) is 4. The first-order chi connectivity index (χ1) is 13.3. The van der Waals surface area contributed by atoms with Crippen molar-refractivity contribution >= 4 is 5.91 Å². The molecule has 1 unspecified atom stereocenters. The summed E-state index contributed by atoms with van der Waals surface area (Å²) < 4.78 is 7.80. The van der Waals surface area contributed by atoms with Crippen LogP contribution in [-0.4, -0.2) is 38.6 Å². The van der Waals surface area contributed by atoms with Gasteiger partial charge in [0.25, 0.3) is 5.91 Å². The van der Waals surface area contributed by atoms with Crippen LogP contribution in [-0.2, 0) is 19.4 Å². The zero-order valence-corrected chi connectivity index (χ0v) is 15.9. The summed E-state index contributed by atoms with van der Waals surface area (Å²) in [6, 6.07) is 0. The molecule has 2 aliphatic carbocycles. The Hall–Kier alpha value is -2.11. The Bertz CT molecular complexity index is 820. The van der Waals surface area contributed by atoms with Crippen molar-refractivity contribution in [2.75, 3.05) is 13.1 Å². The molecule has 1 saturated heterocycles. The van der Waals surface area contributed by atoms with E-state index >= 15 is 0 Å². The highest BCUT2D eigenvalue weighted by Gasteiger charge is 2.32. The molecular weight excluding hydrogens is 340 g/mol. The van der Waals surface area contributed by atoms with Gasteiger partial charge in [-0.1, -0.05) is 11.6 Å². The number of amides is 1.